The lowest BCUT2D eigenvalue weighted by Gasteiger charge is -2.24. The van der Waals surface area contributed by atoms with Gasteiger partial charge in [-0.2, -0.15) is 10.1 Å². The smallest absolute Gasteiger partial charge is 0.297 e. The van der Waals surface area contributed by atoms with Crippen molar-refractivity contribution in [2.24, 2.45) is 12.1 Å². The molecule has 0 bridgehead atoms. The van der Waals surface area contributed by atoms with E-state index in [9.17, 15) is 9.59 Å². The van der Waals surface area contributed by atoms with Crippen LogP contribution in [0.15, 0.2) is 75.4 Å². The van der Waals surface area contributed by atoms with Gasteiger partial charge in [0, 0.05) is 7.05 Å². The number of aromatic nitrogens is 4. The van der Waals surface area contributed by atoms with E-state index in [1.807, 2.05) is 72.2 Å². The van der Waals surface area contributed by atoms with Gasteiger partial charge in [0.2, 0.25) is 5.95 Å². The Labute approximate surface area is 178 Å². The number of benzene rings is 2. The molecule has 0 radical (unpaired) electrons. The van der Waals surface area contributed by atoms with Crippen molar-refractivity contribution in [1.82, 2.24) is 18.7 Å². The zero-order chi connectivity index (χ0) is 21.5. The van der Waals surface area contributed by atoms with Crippen molar-refractivity contribution in [3.8, 4) is 0 Å². The van der Waals surface area contributed by atoms with Crippen molar-refractivity contribution in [3.63, 3.8) is 0 Å². The number of hydrogen-bond acceptors (Lipinski definition) is 5. The van der Waals surface area contributed by atoms with Gasteiger partial charge in [-0.15, -0.1) is 0 Å². The Morgan fingerprint density at radius 2 is 1.52 bits per heavy atom. The molecule has 1 aliphatic rings. The minimum atomic E-state index is -0.385. The van der Waals surface area contributed by atoms with Gasteiger partial charge in [-0.1, -0.05) is 60.7 Å². The van der Waals surface area contributed by atoms with Gasteiger partial charge in [-0.05, 0) is 18.1 Å². The Bertz CT molecular complexity index is 1410. The average molecular weight is 414 g/mol. The zero-order valence-corrected chi connectivity index (χ0v) is 17.4. The zero-order valence-electron chi connectivity index (χ0n) is 17.4. The molecule has 8 heteroatoms. The molecule has 3 heterocycles. The van der Waals surface area contributed by atoms with Crippen LogP contribution in [0.3, 0.4) is 0 Å². The molecule has 2 aromatic carbocycles. The quantitative estimate of drug-likeness (QED) is 0.514. The third kappa shape index (κ3) is 3.26. The lowest BCUT2D eigenvalue weighted by molar-refractivity contribution is 0.653. The summed E-state index contributed by atoms with van der Waals surface area (Å²) >= 11 is 0. The van der Waals surface area contributed by atoms with Gasteiger partial charge in [0.1, 0.15) is 0 Å². The second-order valence-electron chi connectivity index (χ2n) is 7.77. The van der Waals surface area contributed by atoms with E-state index < -0.39 is 0 Å². The fourth-order valence-corrected chi connectivity index (χ4v) is 3.99. The summed E-state index contributed by atoms with van der Waals surface area (Å²) in [6, 6.07) is 19.5. The van der Waals surface area contributed by atoms with Crippen molar-refractivity contribution in [2.45, 2.75) is 26.6 Å². The largest absolute Gasteiger partial charge is 0.332 e. The second kappa shape index (κ2) is 7.39. The molecule has 0 N–H and O–H groups in total. The maximum absolute atomic E-state index is 13.4. The van der Waals surface area contributed by atoms with Crippen molar-refractivity contribution >= 4 is 22.8 Å². The number of fused-ring (bicyclic) bond motifs is 3. The van der Waals surface area contributed by atoms with Gasteiger partial charge < -0.3 is 0 Å². The van der Waals surface area contributed by atoms with E-state index in [0.717, 1.165) is 16.8 Å². The van der Waals surface area contributed by atoms with Crippen LogP contribution in [0.1, 0.15) is 18.1 Å². The van der Waals surface area contributed by atoms with Crippen LogP contribution in [0.5, 0.6) is 0 Å². The van der Waals surface area contributed by atoms with Gasteiger partial charge >= 0.3 is 5.69 Å². The molecular weight excluding hydrogens is 392 g/mol. The van der Waals surface area contributed by atoms with E-state index in [1.165, 1.54) is 9.13 Å². The molecule has 1 aliphatic heterocycles. The summed E-state index contributed by atoms with van der Waals surface area (Å²) in [6.07, 6.45) is 0. The molecule has 0 aliphatic carbocycles. The Morgan fingerprint density at radius 3 is 2.16 bits per heavy atom. The molecule has 0 fully saturated rings. The number of aryl methyl sites for hydroxylation is 1. The molecule has 0 saturated carbocycles. The number of hydrogen-bond donors (Lipinski definition) is 0. The minimum absolute atomic E-state index is 0.212. The SMILES string of the molecule is CC1=NN(Cc2ccccc2)c2nc3c(c(=O)n(Cc4ccccc4)c(=O)n3C)n2C1. The summed E-state index contributed by atoms with van der Waals surface area (Å²) in [7, 11) is 1.65. The number of anilines is 1. The van der Waals surface area contributed by atoms with E-state index in [-0.39, 0.29) is 17.8 Å². The highest BCUT2D eigenvalue weighted by molar-refractivity contribution is 5.87. The number of nitrogens with zero attached hydrogens (tertiary/aromatic N) is 6. The fraction of sp³-hybridized carbons (Fsp3) is 0.217. The Kier molecular flexibility index (Phi) is 4.54. The normalized spacial score (nSPS) is 13.4. The molecule has 156 valence electrons. The molecule has 0 amide bonds. The summed E-state index contributed by atoms with van der Waals surface area (Å²) in [4.78, 5) is 31.1. The van der Waals surface area contributed by atoms with E-state index in [2.05, 4.69) is 10.1 Å². The Morgan fingerprint density at radius 1 is 0.903 bits per heavy atom. The van der Waals surface area contributed by atoms with Crippen LogP contribution in [0, 0.1) is 0 Å². The first kappa shape index (κ1) is 19.0. The van der Waals surface area contributed by atoms with Crippen LogP contribution in [-0.4, -0.2) is 24.4 Å². The standard InChI is InChI=1S/C23H22N6O2/c1-16-13-27-19-20(24-22(27)29(25-16)15-18-11-7-4-8-12-18)26(2)23(31)28(21(19)30)14-17-9-5-3-6-10-17/h3-12H,13-15H2,1-2H3. The van der Waals surface area contributed by atoms with Gasteiger partial charge in [-0.25, -0.2) is 9.80 Å². The van der Waals surface area contributed by atoms with Crippen LogP contribution in [0.4, 0.5) is 5.95 Å². The van der Waals surface area contributed by atoms with Crippen LogP contribution in [0.25, 0.3) is 11.2 Å². The monoisotopic (exact) mass is 414 g/mol. The summed E-state index contributed by atoms with van der Waals surface area (Å²) in [5, 5.41) is 6.45. The third-order valence-corrected chi connectivity index (χ3v) is 5.48. The summed E-state index contributed by atoms with van der Waals surface area (Å²) in [5.74, 6) is 0.564. The number of imidazole rings is 1. The molecule has 4 aromatic rings. The molecule has 0 spiro atoms. The van der Waals surface area contributed by atoms with E-state index in [1.54, 1.807) is 12.1 Å². The lowest BCUT2D eigenvalue weighted by atomic mass is 10.2. The summed E-state index contributed by atoms with van der Waals surface area (Å²) in [5.41, 5.74) is 2.90. The van der Waals surface area contributed by atoms with E-state index in [4.69, 9.17) is 0 Å². The molecule has 0 atom stereocenters. The van der Waals surface area contributed by atoms with Gasteiger partial charge in [0.15, 0.2) is 11.2 Å². The molecule has 5 rings (SSSR count). The molecular formula is C23H22N6O2. The first-order chi connectivity index (χ1) is 15.0. The lowest BCUT2D eigenvalue weighted by Crippen LogP contribution is -2.40. The van der Waals surface area contributed by atoms with Crippen molar-refractivity contribution in [1.29, 1.82) is 0 Å². The van der Waals surface area contributed by atoms with E-state index in [0.29, 0.717) is 30.2 Å². The second-order valence-corrected chi connectivity index (χ2v) is 7.77. The molecule has 31 heavy (non-hydrogen) atoms. The van der Waals surface area contributed by atoms with E-state index >= 15 is 0 Å². The molecule has 8 nitrogen and oxygen atoms in total. The van der Waals surface area contributed by atoms with Crippen molar-refractivity contribution in [3.05, 3.63) is 92.6 Å². The predicted molar refractivity (Wildman–Crippen MR) is 121 cm³/mol. The third-order valence-electron chi connectivity index (χ3n) is 5.48. The highest BCUT2D eigenvalue weighted by Gasteiger charge is 2.26. The first-order valence-electron chi connectivity index (χ1n) is 10.1. The maximum atomic E-state index is 13.4. The fourth-order valence-electron chi connectivity index (χ4n) is 3.99. The van der Waals surface area contributed by atoms with Crippen molar-refractivity contribution in [2.75, 3.05) is 5.01 Å². The summed E-state index contributed by atoms with van der Waals surface area (Å²) < 4.78 is 4.58. The molecule has 2 aromatic heterocycles. The highest BCUT2D eigenvalue weighted by Crippen LogP contribution is 2.25. The van der Waals surface area contributed by atoms with Gasteiger partial charge in [-0.3, -0.25) is 18.5 Å². The first-order valence-corrected chi connectivity index (χ1v) is 10.1. The Hall–Kier alpha value is -3.94. The van der Waals surface area contributed by atoms with Crippen LogP contribution in [-0.2, 0) is 26.7 Å². The predicted octanol–water partition coefficient (Wildman–Crippen LogP) is 2.34. The number of hydrazone groups is 1. The van der Waals surface area contributed by atoms with Gasteiger partial charge in [0.25, 0.3) is 5.56 Å². The molecule has 0 unspecified atom stereocenters. The van der Waals surface area contributed by atoms with Crippen LogP contribution >= 0.6 is 0 Å². The highest BCUT2D eigenvalue weighted by atomic mass is 16.2. The number of rotatable bonds is 4. The summed E-state index contributed by atoms with van der Waals surface area (Å²) in [6.45, 7) is 3.12. The van der Waals surface area contributed by atoms with Crippen LogP contribution < -0.4 is 16.3 Å². The maximum Gasteiger partial charge on any atom is 0.332 e. The average Bonchev–Trinajstić information content (AvgIpc) is 3.16. The van der Waals surface area contributed by atoms with Crippen LogP contribution in [0.2, 0.25) is 0 Å². The topological polar surface area (TPSA) is 77.4 Å². The minimum Gasteiger partial charge on any atom is -0.297 e. The Balaban J connectivity index is 1.67. The molecule has 0 saturated heterocycles. The van der Waals surface area contributed by atoms with Gasteiger partial charge in [0.05, 0.1) is 25.3 Å². The van der Waals surface area contributed by atoms with Crippen molar-refractivity contribution < 1.29 is 0 Å².